The van der Waals surface area contributed by atoms with Crippen LogP contribution in [0.5, 0.6) is 0 Å². The second-order valence-electron chi connectivity index (χ2n) is 4.30. The van der Waals surface area contributed by atoms with Crippen LogP contribution in [0.2, 0.25) is 0 Å². The molecule has 0 heterocycles. The van der Waals surface area contributed by atoms with Gasteiger partial charge in [0, 0.05) is 0 Å². The number of hydrogen-bond donors (Lipinski definition) is 1. The summed E-state index contributed by atoms with van der Waals surface area (Å²) in [6.45, 7) is 3.87. The molecule has 2 aromatic carbocycles. The topological polar surface area (TPSA) is 20.2 Å². The smallest absolute Gasteiger partial charge is 0.112 e. The summed E-state index contributed by atoms with van der Waals surface area (Å²) in [5, 5.41) is 10.5. The monoisotopic (exact) mass is 212 g/mol. The fourth-order valence-electron chi connectivity index (χ4n) is 1.81. The van der Waals surface area contributed by atoms with Gasteiger partial charge in [-0.1, -0.05) is 60.2 Å². The largest absolute Gasteiger partial charge is 0.381 e. The third-order valence-electron chi connectivity index (χ3n) is 2.95. The molecule has 1 nitrogen and oxygen atoms in total. The van der Waals surface area contributed by atoms with Gasteiger partial charge in [0.25, 0.3) is 0 Å². The minimum atomic E-state index is -0.922. The van der Waals surface area contributed by atoms with E-state index in [-0.39, 0.29) is 0 Å². The van der Waals surface area contributed by atoms with E-state index in [1.54, 1.807) is 0 Å². The van der Waals surface area contributed by atoms with Crippen LogP contribution in [0.1, 0.15) is 23.6 Å². The maximum Gasteiger partial charge on any atom is 0.112 e. The first-order chi connectivity index (χ1) is 7.60. The molecule has 0 fully saturated rings. The Balaban J connectivity index is 2.43. The first-order valence-electron chi connectivity index (χ1n) is 5.46. The van der Waals surface area contributed by atoms with Gasteiger partial charge in [0.1, 0.15) is 5.60 Å². The lowest BCUT2D eigenvalue weighted by atomic mass is 9.88. The van der Waals surface area contributed by atoms with Crippen molar-refractivity contribution < 1.29 is 5.11 Å². The molecule has 16 heavy (non-hydrogen) atoms. The van der Waals surface area contributed by atoms with Crippen LogP contribution in [0.25, 0.3) is 0 Å². The van der Waals surface area contributed by atoms with Crippen LogP contribution < -0.4 is 0 Å². The van der Waals surface area contributed by atoms with Gasteiger partial charge in [-0.2, -0.15) is 0 Å². The zero-order valence-corrected chi connectivity index (χ0v) is 9.64. The lowest BCUT2D eigenvalue weighted by Crippen LogP contribution is -2.22. The lowest BCUT2D eigenvalue weighted by molar-refractivity contribution is 0.102. The molecule has 0 spiro atoms. The molecule has 82 valence electrons. The van der Waals surface area contributed by atoms with Gasteiger partial charge in [0.15, 0.2) is 0 Å². The Hall–Kier alpha value is -1.60. The third kappa shape index (κ3) is 2.00. The Kier molecular flexibility index (Phi) is 2.80. The van der Waals surface area contributed by atoms with E-state index in [0.29, 0.717) is 0 Å². The summed E-state index contributed by atoms with van der Waals surface area (Å²) in [5.41, 5.74) is 2.12. The molecule has 0 saturated carbocycles. The molecule has 0 radical (unpaired) electrons. The van der Waals surface area contributed by atoms with Gasteiger partial charge >= 0.3 is 0 Å². The molecule has 0 saturated heterocycles. The maximum absolute atomic E-state index is 10.5. The standard InChI is InChI=1S/C15H16O/c1-12-8-10-14(11-9-12)15(2,16)13-6-4-3-5-7-13/h3-11,16H,1-2H3/t15-/m0/s1. The van der Waals surface area contributed by atoms with Gasteiger partial charge in [-0.25, -0.2) is 0 Å². The second-order valence-corrected chi connectivity index (χ2v) is 4.30. The van der Waals surface area contributed by atoms with Crippen LogP contribution in [-0.2, 0) is 5.60 Å². The fourth-order valence-corrected chi connectivity index (χ4v) is 1.81. The predicted octanol–water partition coefficient (Wildman–Crippen LogP) is 3.25. The highest BCUT2D eigenvalue weighted by Gasteiger charge is 2.24. The summed E-state index contributed by atoms with van der Waals surface area (Å²) < 4.78 is 0. The van der Waals surface area contributed by atoms with Gasteiger partial charge in [-0.05, 0) is 25.0 Å². The Labute approximate surface area is 96.4 Å². The average molecular weight is 212 g/mol. The molecule has 1 heteroatoms. The number of hydrogen-bond acceptors (Lipinski definition) is 1. The fraction of sp³-hybridized carbons (Fsp3) is 0.200. The van der Waals surface area contributed by atoms with Crippen LogP contribution in [0.15, 0.2) is 54.6 Å². The Morgan fingerprint density at radius 3 is 1.88 bits per heavy atom. The zero-order valence-electron chi connectivity index (χ0n) is 9.64. The van der Waals surface area contributed by atoms with E-state index in [1.807, 2.05) is 68.4 Å². The molecule has 0 aliphatic carbocycles. The SMILES string of the molecule is Cc1ccc([C@@](C)(O)c2ccccc2)cc1. The maximum atomic E-state index is 10.5. The summed E-state index contributed by atoms with van der Waals surface area (Å²) in [5.74, 6) is 0. The predicted molar refractivity (Wildman–Crippen MR) is 66.3 cm³/mol. The molecule has 0 aliphatic heterocycles. The molecule has 0 bridgehead atoms. The molecule has 1 atom stereocenters. The number of benzene rings is 2. The van der Waals surface area contributed by atoms with E-state index in [0.717, 1.165) is 11.1 Å². The van der Waals surface area contributed by atoms with Crippen LogP contribution in [0.4, 0.5) is 0 Å². The van der Waals surface area contributed by atoms with Crippen molar-refractivity contribution in [3.8, 4) is 0 Å². The van der Waals surface area contributed by atoms with Crippen molar-refractivity contribution >= 4 is 0 Å². The minimum Gasteiger partial charge on any atom is -0.381 e. The molecular formula is C15H16O. The van der Waals surface area contributed by atoms with E-state index >= 15 is 0 Å². The Morgan fingerprint density at radius 2 is 1.31 bits per heavy atom. The normalized spacial score (nSPS) is 14.4. The van der Waals surface area contributed by atoms with E-state index < -0.39 is 5.60 Å². The molecule has 0 unspecified atom stereocenters. The van der Waals surface area contributed by atoms with Crippen molar-refractivity contribution in [2.45, 2.75) is 19.4 Å². The Morgan fingerprint density at radius 1 is 0.812 bits per heavy atom. The zero-order chi connectivity index (χ0) is 11.6. The molecule has 0 aliphatic rings. The quantitative estimate of drug-likeness (QED) is 0.810. The van der Waals surface area contributed by atoms with E-state index in [4.69, 9.17) is 0 Å². The van der Waals surface area contributed by atoms with Crippen molar-refractivity contribution in [3.05, 3.63) is 71.3 Å². The van der Waals surface area contributed by atoms with Gasteiger partial charge in [-0.3, -0.25) is 0 Å². The molecule has 1 N–H and O–H groups in total. The van der Waals surface area contributed by atoms with Crippen molar-refractivity contribution in [1.29, 1.82) is 0 Å². The van der Waals surface area contributed by atoms with E-state index in [9.17, 15) is 5.11 Å². The number of aryl methyl sites for hydroxylation is 1. The highest BCUT2D eigenvalue weighted by atomic mass is 16.3. The summed E-state index contributed by atoms with van der Waals surface area (Å²) in [6, 6.07) is 17.7. The van der Waals surface area contributed by atoms with Crippen molar-refractivity contribution in [2.24, 2.45) is 0 Å². The van der Waals surface area contributed by atoms with E-state index in [2.05, 4.69) is 0 Å². The highest BCUT2D eigenvalue weighted by Crippen LogP contribution is 2.28. The summed E-state index contributed by atoms with van der Waals surface area (Å²) in [4.78, 5) is 0. The van der Waals surface area contributed by atoms with Gasteiger partial charge in [0.05, 0.1) is 0 Å². The minimum absolute atomic E-state index is 0.916. The van der Waals surface area contributed by atoms with Crippen LogP contribution in [-0.4, -0.2) is 5.11 Å². The van der Waals surface area contributed by atoms with Crippen LogP contribution in [0, 0.1) is 6.92 Å². The highest BCUT2D eigenvalue weighted by molar-refractivity contribution is 5.36. The lowest BCUT2D eigenvalue weighted by Gasteiger charge is -2.24. The number of rotatable bonds is 2. The Bertz CT molecular complexity index is 455. The molecular weight excluding hydrogens is 196 g/mol. The van der Waals surface area contributed by atoms with Gasteiger partial charge in [0.2, 0.25) is 0 Å². The van der Waals surface area contributed by atoms with Crippen molar-refractivity contribution in [2.75, 3.05) is 0 Å². The first-order valence-corrected chi connectivity index (χ1v) is 5.46. The van der Waals surface area contributed by atoms with Crippen LogP contribution in [0.3, 0.4) is 0 Å². The average Bonchev–Trinajstić information content (AvgIpc) is 2.31. The molecule has 2 aromatic rings. The summed E-state index contributed by atoms with van der Waals surface area (Å²) in [7, 11) is 0. The molecule has 0 aromatic heterocycles. The molecule has 2 rings (SSSR count). The second kappa shape index (κ2) is 4.11. The van der Waals surface area contributed by atoms with E-state index in [1.165, 1.54) is 5.56 Å². The van der Waals surface area contributed by atoms with Gasteiger partial charge < -0.3 is 5.11 Å². The van der Waals surface area contributed by atoms with Gasteiger partial charge in [-0.15, -0.1) is 0 Å². The van der Waals surface area contributed by atoms with Crippen molar-refractivity contribution in [1.82, 2.24) is 0 Å². The summed E-state index contributed by atoms with van der Waals surface area (Å²) >= 11 is 0. The first kappa shape index (κ1) is 10.9. The van der Waals surface area contributed by atoms with Crippen LogP contribution >= 0.6 is 0 Å². The third-order valence-corrected chi connectivity index (χ3v) is 2.95. The van der Waals surface area contributed by atoms with Crippen molar-refractivity contribution in [3.63, 3.8) is 0 Å². The number of aliphatic hydroxyl groups is 1. The summed E-state index contributed by atoms with van der Waals surface area (Å²) in [6.07, 6.45) is 0. The molecule has 0 amide bonds.